The van der Waals surface area contributed by atoms with E-state index in [1.807, 2.05) is 0 Å². The van der Waals surface area contributed by atoms with Crippen LogP contribution in [0.15, 0.2) is 22.8 Å². The summed E-state index contributed by atoms with van der Waals surface area (Å²) in [6.07, 6.45) is 3.72. The van der Waals surface area contributed by atoms with E-state index in [1.165, 1.54) is 0 Å². The molecule has 1 aliphatic heterocycles. The second-order valence-electron chi connectivity index (χ2n) is 9.88. The van der Waals surface area contributed by atoms with Crippen molar-refractivity contribution < 1.29 is 24.9 Å². The third kappa shape index (κ3) is 2.63. The van der Waals surface area contributed by atoms with E-state index < -0.39 is 24.4 Å². The number of aliphatic hydroxyl groups excluding tert-OH is 3. The predicted octanol–water partition coefficient (Wildman–Crippen LogP) is 2.71. The molecule has 0 radical (unpaired) electrons. The van der Waals surface area contributed by atoms with E-state index in [0.29, 0.717) is 12.3 Å². The first-order valence-corrected chi connectivity index (χ1v) is 10.7. The van der Waals surface area contributed by atoms with Gasteiger partial charge in [-0.1, -0.05) is 44.0 Å². The molecule has 28 heavy (non-hydrogen) atoms. The molecule has 156 valence electrons. The molecule has 3 aliphatic carbocycles. The zero-order valence-corrected chi connectivity index (χ0v) is 17.5. The van der Waals surface area contributed by atoms with Gasteiger partial charge in [-0.15, -0.1) is 0 Å². The van der Waals surface area contributed by atoms with Crippen molar-refractivity contribution in [1.29, 1.82) is 0 Å². The Kier molecular flexibility index (Phi) is 4.88. The molecule has 7 atom stereocenters. The Hall–Kier alpha value is -0.720. The maximum Gasteiger partial charge on any atom is 0.208 e. The number of allylic oxidation sites excluding steroid dienone is 1. The minimum atomic E-state index is -1.11. The number of carbonyl (C=O) groups excluding carboxylic acids is 1. The molecule has 0 aromatic carbocycles. The van der Waals surface area contributed by atoms with Gasteiger partial charge in [-0.05, 0) is 54.8 Å². The number of hydrogen-bond donors (Lipinski definition) is 3. The van der Waals surface area contributed by atoms with E-state index in [-0.39, 0.29) is 39.7 Å². The van der Waals surface area contributed by atoms with Gasteiger partial charge in [0, 0.05) is 12.2 Å². The molecule has 1 saturated heterocycles. The monoisotopic (exact) mass is 410 g/mol. The lowest BCUT2D eigenvalue weighted by Gasteiger charge is -2.58. The van der Waals surface area contributed by atoms with Crippen molar-refractivity contribution in [2.75, 3.05) is 13.2 Å². The quantitative estimate of drug-likeness (QED) is 0.489. The maximum atomic E-state index is 13.0. The summed E-state index contributed by atoms with van der Waals surface area (Å²) in [6, 6.07) is 0. The molecule has 4 rings (SSSR count). The van der Waals surface area contributed by atoms with Gasteiger partial charge in [0.05, 0.1) is 11.6 Å². The summed E-state index contributed by atoms with van der Waals surface area (Å²) in [4.78, 5) is 13.0. The van der Waals surface area contributed by atoms with Crippen LogP contribution in [0.25, 0.3) is 0 Å². The van der Waals surface area contributed by atoms with Gasteiger partial charge in [0.1, 0.15) is 12.2 Å². The Morgan fingerprint density at radius 2 is 2.00 bits per heavy atom. The van der Waals surface area contributed by atoms with Crippen molar-refractivity contribution >= 4 is 17.4 Å². The number of fused-ring (bicyclic) bond motifs is 2. The number of halogens is 1. The van der Waals surface area contributed by atoms with Gasteiger partial charge in [-0.2, -0.15) is 0 Å². The molecule has 0 bridgehead atoms. The molecule has 3 fully saturated rings. The van der Waals surface area contributed by atoms with Crippen LogP contribution in [0.4, 0.5) is 0 Å². The number of carbonyl (C=O) groups is 1. The summed E-state index contributed by atoms with van der Waals surface area (Å²) < 4.78 is 5.82. The summed E-state index contributed by atoms with van der Waals surface area (Å²) in [5, 5.41) is 30.0. The Bertz CT molecular complexity index is 747. The molecule has 2 saturated carbocycles. The fourth-order valence-corrected chi connectivity index (χ4v) is 7.04. The number of ketones is 1. The minimum absolute atomic E-state index is 0.0683. The van der Waals surface area contributed by atoms with Crippen LogP contribution < -0.4 is 0 Å². The number of epoxide rings is 1. The molecule has 4 aliphatic rings. The van der Waals surface area contributed by atoms with Crippen LogP contribution in [-0.2, 0) is 9.53 Å². The summed E-state index contributed by atoms with van der Waals surface area (Å²) in [6.45, 7) is 8.51. The fourth-order valence-electron chi connectivity index (χ4n) is 6.71. The van der Waals surface area contributed by atoms with Crippen LogP contribution in [0, 0.1) is 22.7 Å². The highest BCUT2D eigenvalue weighted by atomic mass is 35.5. The first kappa shape index (κ1) is 20.5. The predicted molar refractivity (Wildman–Crippen MR) is 106 cm³/mol. The second kappa shape index (κ2) is 6.64. The molecular weight excluding hydrogens is 380 g/mol. The summed E-state index contributed by atoms with van der Waals surface area (Å²) >= 11 is 6.21. The molecule has 0 amide bonds. The van der Waals surface area contributed by atoms with E-state index >= 15 is 0 Å². The number of hydrogen-bond acceptors (Lipinski definition) is 5. The first-order chi connectivity index (χ1) is 13.1. The third-order valence-electron chi connectivity index (χ3n) is 8.43. The highest BCUT2D eigenvalue weighted by Gasteiger charge is 2.70. The van der Waals surface area contributed by atoms with Crippen LogP contribution >= 0.6 is 11.6 Å². The average Bonchev–Trinajstić information content (AvgIpc) is 3.40. The van der Waals surface area contributed by atoms with Gasteiger partial charge < -0.3 is 20.1 Å². The van der Waals surface area contributed by atoms with Crippen LogP contribution in [0.3, 0.4) is 0 Å². The minimum Gasteiger partial charge on any atom is -0.396 e. The fraction of sp³-hybridized carbons (Fsp3) is 0.773. The average molecular weight is 411 g/mol. The molecule has 0 aromatic rings. The van der Waals surface area contributed by atoms with Crippen molar-refractivity contribution in [3.05, 3.63) is 22.8 Å². The van der Waals surface area contributed by atoms with E-state index in [9.17, 15) is 20.1 Å². The van der Waals surface area contributed by atoms with E-state index in [1.54, 1.807) is 0 Å². The maximum absolute atomic E-state index is 13.0. The third-order valence-corrected chi connectivity index (χ3v) is 8.85. The molecule has 0 spiro atoms. The van der Waals surface area contributed by atoms with Crippen LogP contribution in [0.1, 0.15) is 52.4 Å². The van der Waals surface area contributed by atoms with Gasteiger partial charge in [0.2, 0.25) is 5.78 Å². The number of Topliss-reactive ketones (excluding diaryl/α,β-unsaturated/α-hetero) is 1. The first-order valence-electron chi connectivity index (χ1n) is 10.3. The van der Waals surface area contributed by atoms with Crippen LogP contribution in [-0.4, -0.2) is 52.1 Å². The van der Waals surface area contributed by atoms with Crippen molar-refractivity contribution in [3.63, 3.8) is 0 Å². The highest BCUT2D eigenvalue weighted by Crippen LogP contribution is 2.64. The Morgan fingerprint density at radius 1 is 1.29 bits per heavy atom. The Balaban J connectivity index is 1.67. The molecular formula is C22H31ClO5. The largest absolute Gasteiger partial charge is 0.396 e. The van der Waals surface area contributed by atoms with E-state index in [0.717, 1.165) is 37.7 Å². The van der Waals surface area contributed by atoms with Gasteiger partial charge in [-0.25, -0.2) is 0 Å². The number of ether oxygens (including phenoxy) is 1. The number of aliphatic hydroxyl groups is 3. The van der Waals surface area contributed by atoms with Crippen LogP contribution in [0.5, 0.6) is 0 Å². The highest BCUT2D eigenvalue weighted by molar-refractivity contribution is 6.45. The summed E-state index contributed by atoms with van der Waals surface area (Å²) in [5.41, 5.74) is -0.0253. The lowest BCUT2D eigenvalue weighted by atomic mass is 9.46. The van der Waals surface area contributed by atoms with Crippen molar-refractivity contribution in [2.45, 2.75) is 70.2 Å². The van der Waals surface area contributed by atoms with Gasteiger partial charge in [-0.3, -0.25) is 4.79 Å². The summed E-state index contributed by atoms with van der Waals surface area (Å²) in [7, 11) is 0. The lowest BCUT2D eigenvalue weighted by Crippen LogP contribution is -2.53. The molecule has 0 aromatic heterocycles. The van der Waals surface area contributed by atoms with Crippen molar-refractivity contribution in [2.24, 2.45) is 22.7 Å². The molecule has 3 N–H and O–H groups in total. The lowest BCUT2D eigenvalue weighted by molar-refractivity contribution is -0.123. The Labute approximate surface area is 171 Å². The zero-order chi connectivity index (χ0) is 20.5. The smallest absolute Gasteiger partial charge is 0.208 e. The van der Waals surface area contributed by atoms with Gasteiger partial charge in [0.25, 0.3) is 0 Å². The second-order valence-corrected chi connectivity index (χ2v) is 10.3. The standard InChI is InChI=1S/C22H31ClO5/c1-12-5-6-15-20(2,11-25)7-4-8-21(15,3)14(12)9-22-18(27)16(23)13(10-24)17(26)19(22)28-22/h14-15,17,19,24-26H,1,4-11H2,2-3H3/t14-,15-,17-,19-,20-,21+,22+/m0/s1. The Morgan fingerprint density at radius 3 is 2.64 bits per heavy atom. The molecule has 0 unspecified atom stereocenters. The molecule has 5 nitrogen and oxygen atoms in total. The van der Waals surface area contributed by atoms with Crippen LogP contribution in [0.2, 0.25) is 0 Å². The van der Waals surface area contributed by atoms with E-state index in [2.05, 4.69) is 20.4 Å². The molecule has 1 heterocycles. The summed E-state index contributed by atoms with van der Waals surface area (Å²) in [5.74, 6) is 0.0944. The molecule has 6 heteroatoms. The van der Waals surface area contributed by atoms with Crippen molar-refractivity contribution in [3.8, 4) is 0 Å². The van der Waals surface area contributed by atoms with Gasteiger partial charge >= 0.3 is 0 Å². The zero-order valence-electron chi connectivity index (χ0n) is 16.7. The number of rotatable bonds is 4. The topological polar surface area (TPSA) is 90.3 Å². The SMILES string of the molecule is C=C1CC[C@H]2[C@](C)(CO)CCC[C@]2(C)[C@H]1C[C@]12O[C@H]1[C@@H](O)C(CO)=C(Cl)C2=O. The normalized spacial score (nSPS) is 48.4. The van der Waals surface area contributed by atoms with E-state index in [4.69, 9.17) is 16.3 Å². The van der Waals surface area contributed by atoms with Gasteiger partial charge in [0.15, 0.2) is 5.60 Å². The van der Waals surface area contributed by atoms with Crippen molar-refractivity contribution in [1.82, 2.24) is 0 Å².